The Morgan fingerprint density at radius 3 is 2.71 bits per heavy atom. The van der Waals surface area contributed by atoms with Crippen molar-refractivity contribution in [3.8, 4) is 0 Å². The van der Waals surface area contributed by atoms with Crippen molar-refractivity contribution in [3.63, 3.8) is 0 Å². The Morgan fingerprint density at radius 2 is 1.91 bits per heavy atom. The van der Waals surface area contributed by atoms with E-state index in [0.29, 0.717) is 30.7 Å². The molecule has 0 radical (unpaired) electrons. The normalized spacial score (nSPS) is 24.6. The smallest absolute Gasteiger partial charge is 0.240 e. The van der Waals surface area contributed by atoms with E-state index in [-0.39, 0.29) is 18.1 Å². The first kappa shape index (κ1) is 23.0. The Morgan fingerprint density at radius 1 is 1.12 bits per heavy atom. The molecule has 3 unspecified atom stereocenters. The van der Waals surface area contributed by atoms with Crippen LogP contribution in [-0.2, 0) is 22.6 Å². The molecule has 182 valence electrons. The molecule has 1 amide bonds. The van der Waals surface area contributed by atoms with Crippen LogP contribution in [0.5, 0.6) is 0 Å². The molecule has 9 nitrogen and oxygen atoms in total. The summed E-state index contributed by atoms with van der Waals surface area (Å²) in [6.45, 7) is 7.37. The van der Waals surface area contributed by atoms with E-state index in [1.54, 1.807) is 0 Å². The van der Waals surface area contributed by atoms with Gasteiger partial charge < -0.3 is 19.6 Å². The average Bonchev–Trinajstić information content (AvgIpc) is 3.47. The van der Waals surface area contributed by atoms with Crippen LogP contribution in [0.25, 0.3) is 10.9 Å². The Hall–Kier alpha value is -2.75. The van der Waals surface area contributed by atoms with E-state index in [9.17, 15) is 4.79 Å². The zero-order valence-electron chi connectivity index (χ0n) is 19.8. The number of carbonyl (C=O) groups is 1. The van der Waals surface area contributed by atoms with Crippen molar-refractivity contribution >= 4 is 16.8 Å². The van der Waals surface area contributed by atoms with Gasteiger partial charge in [0, 0.05) is 44.4 Å². The maximum atomic E-state index is 11.1. The molecule has 2 aromatic heterocycles. The van der Waals surface area contributed by atoms with E-state index < -0.39 is 0 Å². The van der Waals surface area contributed by atoms with Crippen molar-refractivity contribution in [1.29, 1.82) is 0 Å². The predicted octanol–water partition coefficient (Wildman–Crippen LogP) is 2.57. The second kappa shape index (κ2) is 10.2. The number of para-hydroxylation sites is 1. The van der Waals surface area contributed by atoms with Gasteiger partial charge in [0.1, 0.15) is 6.10 Å². The van der Waals surface area contributed by atoms with E-state index in [0.717, 1.165) is 52.0 Å². The summed E-state index contributed by atoms with van der Waals surface area (Å²) in [4.78, 5) is 20.2. The van der Waals surface area contributed by atoms with Gasteiger partial charge in [-0.25, -0.2) is 0 Å². The zero-order valence-corrected chi connectivity index (χ0v) is 19.8. The van der Waals surface area contributed by atoms with Crippen LogP contribution < -0.4 is 5.73 Å². The van der Waals surface area contributed by atoms with Gasteiger partial charge in [-0.2, -0.15) is 4.98 Å². The lowest BCUT2D eigenvalue weighted by molar-refractivity contribution is -0.119. The van der Waals surface area contributed by atoms with Crippen LogP contribution in [0, 0.1) is 5.92 Å². The van der Waals surface area contributed by atoms with Gasteiger partial charge in [-0.1, -0.05) is 30.3 Å². The SMILES string of the molecule is CCC1CC(Cn2ccc3ccccc32)CC(c2noc(CN3CCN(CC(N)=O)CC3)n2)O1. The highest BCUT2D eigenvalue weighted by atomic mass is 16.5. The van der Waals surface area contributed by atoms with Gasteiger partial charge in [0.05, 0.1) is 19.2 Å². The van der Waals surface area contributed by atoms with Crippen LogP contribution in [0.1, 0.15) is 44.0 Å². The highest BCUT2D eigenvalue weighted by molar-refractivity contribution is 5.79. The molecule has 0 aliphatic carbocycles. The summed E-state index contributed by atoms with van der Waals surface area (Å²) in [5.41, 5.74) is 6.58. The van der Waals surface area contributed by atoms with Crippen LogP contribution in [0.2, 0.25) is 0 Å². The number of benzene rings is 1. The molecule has 2 N–H and O–H groups in total. The number of hydrogen-bond acceptors (Lipinski definition) is 7. The molecule has 34 heavy (non-hydrogen) atoms. The number of carbonyl (C=O) groups excluding carboxylic acids is 1. The Balaban J connectivity index is 1.21. The minimum atomic E-state index is -0.281. The Bertz CT molecular complexity index is 1100. The average molecular weight is 467 g/mol. The fourth-order valence-corrected chi connectivity index (χ4v) is 5.25. The monoisotopic (exact) mass is 466 g/mol. The first-order chi connectivity index (χ1) is 16.6. The van der Waals surface area contributed by atoms with Gasteiger partial charge in [-0.15, -0.1) is 0 Å². The van der Waals surface area contributed by atoms with Gasteiger partial charge in [0.25, 0.3) is 0 Å². The van der Waals surface area contributed by atoms with Crippen LogP contribution in [0.3, 0.4) is 0 Å². The lowest BCUT2D eigenvalue weighted by atomic mass is 9.90. The summed E-state index contributed by atoms with van der Waals surface area (Å²) in [6, 6.07) is 10.7. The minimum Gasteiger partial charge on any atom is -0.369 e. The van der Waals surface area contributed by atoms with E-state index in [4.69, 9.17) is 20.0 Å². The lowest BCUT2D eigenvalue weighted by Gasteiger charge is -2.34. The van der Waals surface area contributed by atoms with E-state index >= 15 is 0 Å². The molecule has 4 heterocycles. The van der Waals surface area contributed by atoms with Gasteiger partial charge in [0.15, 0.2) is 0 Å². The largest absolute Gasteiger partial charge is 0.369 e. The highest BCUT2D eigenvalue weighted by Crippen LogP contribution is 2.36. The lowest BCUT2D eigenvalue weighted by Crippen LogP contribution is -2.48. The summed E-state index contributed by atoms with van der Waals surface area (Å²) in [5.74, 6) is 1.48. The fourth-order valence-electron chi connectivity index (χ4n) is 5.25. The van der Waals surface area contributed by atoms with E-state index in [2.05, 4.69) is 63.0 Å². The molecule has 0 spiro atoms. The van der Waals surface area contributed by atoms with Crippen LogP contribution in [-0.4, -0.2) is 69.2 Å². The number of aromatic nitrogens is 3. The Kier molecular flexibility index (Phi) is 6.94. The number of hydrogen-bond donors (Lipinski definition) is 1. The maximum Gasteiger partial charge on any atom is 0.240 e. The molecule has 2 saturated heterocycles. The summed E-state index contributed by atoms with van der Waals surface area (Å²) in [5, 5.41) is 5.57. The third-order valence-corrected chi connectivity index (χ3v) is 7.07. The molecule has 2 aliphatic heterocycles. The third kappa shape index (κ3) is 5.32. The van der Waals surface area contributed by atoms with Crippen molar-refractivity contribution in [2.75, 3.05) is 32.7 Å². The molecule has 2 aliphatic rings. The van der Waals surface area contributed by atoms with Crippen molar-refractivity contribution in [1.82, 2.24) is 24.5 Å². The molecular formula is C25H34N6O3. The first-order valence-corrected chi connectivity index (χ1v) is 12.3. The maximum absolute atomic E-state index is 11.1. The summed E-state index contributed by atoms with van der Waals surface area (Å²) in [7, 11) is 0. The summed E-state index contributed by atoms with van der Waals surface area (Å²) >= 11 is 0. The second-order valence-corrected chi connectivity index (χ2v) is 9.58. The van der Waals surface area contributed by atoms with Crippen LogP contribution >= 0.6 is 0 Å². The van der Waals surface area contributed by atoms with Gasteiger partial charge in [-0.3, -0.25) is 14.6 Å². The fraction of sp³-hybridized carbons (Fsp3) is 0.560. The molecule has 3 aromatic rings. The van der Waals surface area contributed by atoms with Gasteiger partial charge in [0.2, 0.25) is 17.6 Å². The number of rotatable bonds is 8. The summed E-state index contributed by atoms with van der Waals surface area (Å²) in [6.07, 6.45) is 5.14. The molecule has 0 bridgehead atoms. The number of primary amides is 1. The molecule has 5 rings (SSSR count). The molecular weight excluding hydrogens is 432 g/mol. The van der Waals surface area contributed by atoms with Crippen molar-refractivity contribution in [2.45, 2.75) is 51.5 Å². The topological polar surface area (TPSA) is 103 Å². The highest BCUT2D eigenvalue weighted by Gasteiger charge is 2.33. The van der Waals surface area contributed by atoms with Crippen molar-refractivity contribution in [2.24, 2.45) is 11.7 Å². The van der Waals surface area contributed by atoms with Crippen LogP contribution in [0.15, 0.2) is 41.1 Å². The second-order valence-electron chi connectivity index (χ2n) is 9.58. The number of nitrogens with zero attached hydrogens (tertiary/aromatic N) is 5. The minimum absolute atomic E-state index is 0.143. The van der Waals surface area contributed by atoms with Gasteiger partial charge in [-0.05, 0) is 42.7 Å². The quantitative estimate of drug-likeness (QED) is 0.544. The molecule has 1 aromatic carbocycles. The van der Waals surface area contributed by atoms with E-state index in [1.165, 1.54) is 10.9 Å². The molecule has 9 heteroatoms. The Labute approximate surface area is 199 Å². The predicted molar refractivity (Wildman–Crippen MR) is 128 cm³/mol. The number of piperazine rings is 1. The number of nitrogens with two attached hydrogens (primary N) is 1. The molecule has 3 atom stereocenters. The van der Waals surface area contributed by atoms with Crippen LogP contribution in [0.4, 0.5) is 0 Å². The third-order valence-electron chi connectivity index (χ3n) is 7.07. The van der Waals surface area contributed by atoms with Gasteiger partial charge >= 0.3 is 0 Å². The zero-order chi connectivity index (χ0) is 23.5. The van der Waals surface area contributed by atoms with Crippen molar-refractivity contribution < 1.29 is 14.1 Å². The number of fused-ring (bicyclic) bond motifs is 1. The van der Waals surface area contributed by atoms with E-state index in [1.807, 2.05) is 0 Å². The first-order valence-electron chi connectivity index (χ1n) is 12.3. The molecule has 0 saturated carbocycles. The van der Waals surface area contributed by atoms with Crippen molar-refractivity contribution in [3.05, 3.63) is 48.2 Å². The molecule has 2 fully saturated rings. The number of amides is 1. The standard InChI is InChI=1S/C25H34N6O3/c1-2-20-13-18(15-31-8-7-19-5-3-4-6-21(19)31)14-22(33-20)25-27-24(34-28-25)17-30-11-9-29(10-12-30)16-23(26)32/h3-8,18,20,22H,2,9-17H2,1H3,(H2,26,32). The number of ether oxygens (including phenoxy) is 1. The summed E-state index contributed by atoms with van der Waals surface area (Å²) < 4.78 is 14.3.